The zero-order valence-corrected chi connectivity index (χ0v) is 14.8. The lowest BCUT2D eigenvalue weighted by atomic mass is 9.61. The SMILES string of the molecule is CSC1CCCCC1NC(=O)C1CCC(N)C(C)C1(C)C. The summed E-state index contributed by atoms with van der Waals surface area (Å²) in [6, 6.07) is 0.598. The highest BCUT2D eigenvalue weighted by atomic mass is 32.2. The van der Waals surface area contributed by atoms with Crippen molar-refractivity contribution >= 4 is 17.7 Å². The van der Waals surface area contributed by atoms with Crippen LogP contribution in [0.25, 0.3) is 0 Å². The summed E-state index contributed by atoms with van der Waals surface area (Å²) < 4.78 is 0. The monoisotopic (exact) mass is 312 g/mol. The van der Waals surface area contributed by atoms with Crippen LogP contribution in [0.3, 0.4) is 0 Å². The van der Waals surface area contributed by atoms with Crippen molar-refractivity contribution in [2.45, 2.75) is 76.6 Å². The summed E-state index contributed by atoms with van der Waals surface area (Å²) in [5.74, 6) is 0.770. The molecule has 3 nitrogen and oxygen atoms in total. The molecule has 0 radical (unpaired) electrons. The molecule has 0 bridgehead atoms. The minimum atomic E-state index is -0.00866. The maximum Gasteiger partial charge on any atom is 0.223 e. The summed E-state index contributed by atoms with van der Waals surface area (Å²) in [7, 11) is 0. The van der Waals surface area contributed by atoms with Gasteiger partial charge in [0.25, 0.3) is 0 Å². The minimum Gasteiger partial charge on any atom is -0.352 e. The van der Waals surface area contributed by atoms with E-state index >= 15 is 0 Å². The molecule has 2 saturated carbocycles. The average Bonchev–Trinajstić information content (AvgIpc) is 2.45. The Balaban J connectivity index is 2.02. The summed E-state index contributed by atoms with van der Waals surface area (Å²) in [6.45, 7) is 6.64. The smallest absolute Gasteiger partial charge is 0.223 e. The van der Waals surface area contributed by atoms with Crippen molar-refractivity contribution in [3.8, 4) is 0 Å². The van der Waals surface area contributed by atoms with E-state index in [4.69, 9.17) is 5.73 Å². The van der Waals surface area contributed by atoms with Crippen molar-refractivity contribution in [3.05, 3.63) is 0 Å². The van der Waals surface area contributed by atoms with Crippen LogP contribution in [0.15, 0.2) is 0 Å². The molecule has 5 atom stereocenters. The van der Waals surface area contributed by atoms with Gasteiger partial charge in [0, 0.05) is 23.3 Å². The van der Waals surface area contributed by atoms with E-state index in [-0.39, 0.29) is 23.3 Å². The maximum atomic E-state index is 12.8. The number of nitrogens with one attached hydrogen (secondary N) is 1. The van der Waals surface area contributed by atoms with Crippen LogP contribution >= 0.6 is 11.8 Å². The van der Waals surface area contributed by atoms with Crippen LogP contribution in [-0.4, -0.2) is 29.5 Å². The number of hydrogen-bond donors (Lipinski definition) is 2. The molecule has 2 aliphatic carbocycles. The van der Waals surface area contributed by atoms with Gasteiger partial charge in [-0.15, -0.1) is 0 Å². The lowest BCUT2D eigenvalue weighted by Gasteiger charge is -2.46. The van der Waals surface area contributed by atoms with Crippen LogP contribution in [0.1, 0.15) is 59.3 Å². The molecule has 0 spiro atoms. The molecule has 0 aliphatic heterocycles. The summed E-state index contributed by atoms with van der Waals surface area (Å²) in [6.07, 6.45) is 9.00. The second kappa shape index (κ2) is 6.91. The van der Waals surface area contributed by atoms with Crippen molar-refractivity contribution < 1.29 is 4.79 Å². The first-order chi connectivity index (χ1) is 9.87. The van der Waals surface area contributed by atoms with Crippen LogP contribution in [0.5, 0.6) is 0 Å². The van der Waals surface area contributed by atoms with E-state index in [9.17, 15) is 4.79 Å². The van der Waals surface area contributed by atoms with Gasteiger partial charge in [-0.1, -0.05) is 33.6 Å². The number of thioether (sulfide) groups is 1. The number of hydrogen-bond acceptors (Lipinski definition) is 3. The van der Waals surface area contributed by atoms with E-state index in [2.05, 4.69) is 32.3 Å². The molecule has 2 fully saturated rings. The fraction of sp³-hybridized carbons (Fsp3) is 0.941. The average molecular weight is 313 g/mol. The van der Waals surface area contributed by atoms with E-state index < -0.39 is 0 Å². The number of nitrogens with two attached hydrogens (primary N) is 1. The zero-order chi connectivity index (χ0) is 15.6. The van der Waals surface area contributed by atoms with Gasteiger partial charge < -0.3 is 11.1 Å². The van der Waals surface area contributed by atoms with Crippen LogP contribution in [0, 0.1) is 17.3 Å². The van der Waals surface area contributed by atoms with Crippen molar-refractivity contribution in [1.82, 2.24) is 5.32 Å². The summed E-state index contributed by atoms with van der Waals surface area (Å²) in [5, 5.41) is 3.97. The predicted octanol–water partition coefficient (Wildman–Crippen LogP) is 3.18. The van der Waals surface area contributed by atoms with Gasteiger partial charge in [0.05, 0.1) is 0 Å². The Kier molecular flexibility index (Phi) is 5.64. The molecular formula is C17H32N2OS. The molecule has 2 rings (SSSR count). The molecule has 0 heterocycles. The highest BCUT2D eigenvalue weighted by molar-refractivity contribution is 7.99. The van der Waals surface area contributed by atoms with Crippen LogP contribution in [0.4, 0.5) is 0 Å². The van der Waals surface area contributed by atoms with Crippen molar-refractivity contribution in [1.29, 1.82) is 0 Å². The molecule has 0 aromatic rings. The van der Waals surface area contributed by atoms with Crippen LogP contribution in [-0.2, 0) is 4.79 Å². The van der Waals surface area contributed by atoms with Crippen molar-refractivity contribution in [2.75, 3.05) is 6.26 Å². The number of amides is 1. The fourth-order valence-corrected chi connectivity index (χ4v) is 5.08. The first-order valence-corrected chi connectivity index (χ1v) is 9.75. The third kappa shape index (κ3) is 3.58. The molecule has 2 aliphatic rings. The third-order valence-corrected chi connectivity index (χ3v) is 7.32. The van der Waals surface area contributed by atoms with Gasteiger partial charge in [0.1, 0.15) is 0 Å². The molecule has 122 valence electrons. The molecule has 5 unspecified atom stereocenters. The Labute approximate surface area is 134 Å². The van der Waals surface area contributed by atoms with Gasteiger partial charge in [-0.3, -0.25) is 4.79 Å². The van der Waals surface area contributed by atoms with E-state index in [1.807, 2.05) is 11.8 Å². The first kappa shape index (κ1) is 17.1. The standard InChI is InChI=1S/C17H32N2OS/c1-11-13(18)10-9-12(17(11,2)3)16(20)19-14-7-5-6-8-15(14)21-4/h11-15H,5-10,18H2,1-4H3,(H,19,20). The Bertz CT molecular complexity index is 372. The van der Waals surface area contributed by atoms with E-state index in [1.54, 1.807) is 0 Å². The Morgan fingerprint density at radius 1 is 1.19 bits per heavy atom. The molecule has 3 N–H and O–H groups in total. The Morgan fingerprint density at radius 3 is 2.52 bits per heavy atom. The second-order valence-electron chi connectivity index (χ2n) is 7.58. The molecular weight excluding hydrogens is 280 g/mol. The van der Waals surface area contributed by atoms with Gasteiger partial charge >= 0.3 is 0 Å². The number of rotatable bonds is 3. The van der Waals surface area contributed by atoms with Gasteiger partial charge in [0.2, 0.25) is 5.91 Å². The van der Waals surface area contributed by atoms with Gasteiger partial charge in [0.15, 0.2) is 0 Å². The van der Waals surface area contributed by atoms with Crippen molar-refractivity contribution in [3.63, 3.8) is 0 Å². The minimum absolute atomic E-state index is 0.00866. The van der Waals surface area contributed by atoms with Gasteiger partial charge in [-0.2, -0.15) is 11.8 Å². The lowest BCUT2D eigenvalue weighted by molar-refractivity contribution is -0.133. The highest BCUT2D eigenvalue weighted by Gasteiger charge is 2.45. The quantitative estimate of drug-likeness (QED) is 0.841. The largest absolute Gasteiger partial charge is 0.352 e. The van der Waals surface area contributed by atoms with Gasteiger partial charge in [-0.05, 0) is 43.3 Å². The molecule has 21 heavy (non-hydrogen) atoms. The first-order valence-electron chi connectivity index (χ1n) is 8.46. The third-order valence-electron chi connectivity index (χ3n) is 6.15. The summed E-state index contributed by atoms with van der Waals surface area (Å²) in [5.41, 5.74) is 6.20. The highest BCUT2D eigenvalue weighted by Crippen LogP contribution is 2.44. The van der Waals surface area contributed by atoms with E-state index in [0.29, 0.717) is 17.2 Å². The summed E-state index contributed by atoms with van der Waals surface area (Å²) in [4.78, 5) is 12.8. The molecule has 4 heteroatoms. The number of carbonyl (C=O) groups excluding carboxylic acids is 1. The lowest BCUT2D eigenvalue weighted by Crippen LogP contribution is -2.54. The van der Waals surface area contributed by atoms with Crippen LogP contribution < -0.4 is 11.1 Å². The van der Waals surface area contributed by atoms with E-state index in [1.165, 1.54) is 19.3 Å². The topological polar surface area (TPSA) is 55.1 Å². The van der Waals surface area contributed by atoms with Crippen molar-refractivity contribution in [2.24, 2.45) is 23.0 Å². The number of carbonyl (C=O) groups is 1. The van der Waals surface area contributed by atoms with Crippen LogP contribution in [0.2, 0.25) is 0 Å². The normalized spacial score (nSPS) is 39.8. The maximum absolute atomic E-state index is 12.8. The van der Waals surface area contributed by atoms with Gasteiger partial charge in [-0.25, -0.2) is 0 Å². The predicted molar refractivity (Wildman–Crippen MR) is 91.3 cm³/mol. The summed E-state index contributed by atoms with van der Waals surface area (Å²) >= 11 is 1.91. The Hall–Kier alpha value is -0.220. The molecule has 0 aromatic carbocycles. The molecule has 0 saturated heterocycles. The fourth-order valence-electron chi connectivity index (χ4n) is 4.15. The van der Waals surface area contributed by atoms with E-state index in [0.717, 1.165) is 19.3 Å². The molecule has 1 amide bonds. The zero-order valence-electron chi connectivity index (χ0n) is 14.0. The second-order valence-corrected chi connectivity index (χ2v) is 8.65. The molecule has 0 aromatic heterocycles. The Morgan fingerprint density at radius 2 is 1.86 bits per heavy atom.